The molecule has 0 unspecified atom stereocenters. The molecule has 1 aromatic heterocycles. The van der Waals surface area contributed by atoms with Gasteiger partial charge in [0.1, 0.15) is 0 Å². The van der Waals surface area contributed by atoms with Crippen LogP contribution in [0.15, 0.2) is 24.5 Å². The standard InChI is InChI=1S/C16H26N2O/c1-3-18(4-2)16(19)10-8-6-5-7-9-15-11-13-17-14-12-15/h11-14H,3-10H2,1-2H3. The normalized spacial score (nSPS) is 10.4. The summed E-state index contributed by atoms with van der Waals surface area (Å²) in [6, 6.07) is 4.15. The topological polar surface area (TPSA) is 33.2 Å². The number of pyridine rings is 1. The van der Waals surface area contributed by atoms with Crippen molar-refractivity contribution in [1.29, 1.82) is 0 Å². The van der Waals surface area contributed by atoms with Gasteiger partial charge in [-0.15, -0.1) is 0 Å². The van der Waals surface area contributed by atoms with E-state index in [1.54, 1.807) is 0 Å². The van der Waals surface area contributed by atoms with Crippen molar-refractivity contribution in [3.8, 4) is 0 Å². The minimum absolute atomic E-state index is 0.305. The van der Waals surface area contributed by atoms with Crippen LogP contribution in [0.25, 0.3) is 0 Å². The fourth-order valence-corrected chi connectivity index (χ4v) is 2.24. The first-order chi connectivity index (χ1) is 9.27. The minimum atomic E-state index is 0.305. The molecular weight excluding hydrogens is 236 g/mol. The van der Waals surface area contributed by atoms with Crippen LogP contribution in [-0.4, -0.2) is 28.9 Å². The largest absolute Gasteiger partial charge is 0.343 e. The minimum Gasteiger partial charge on any atom is -0.343 e. The number of rotatable bonds is 9. The van der Waals surface area contributed by atoms with Crippen LogP contribution in [0.2, 0.25) is 0 Å². The summed E-state index contributed by atoms with van der Waals surface area (Å²) in [6.45, 7) is 5.74. The highest BCUT2D eigenvalue weighted by atomic mass is 16.2. The third-order valence-electron chi connectivity index (χ3n) is 3.47. The molecule has 0 aliphatic carbocycles. The molecule has 19 heavy (non-hydrogen) atoms. The van der Waals surface area contributed by atoms with Gasteiger partial charge in [-0.2, -0.15) is 0 Å². The van der Waals surface area contributed by atoms with E-state index in [0.29, 0.717) is 12.3 Å². The highest BCUT2D eigenvalue weighted by molar-refractivity contribution is 5.75. The van der Waals surface area contributed by atoms with Crippen molar-refractivity contribution >= 4 is 5.91 Å². The van der Waals surface area contributed by atoms with Gasteiger partial charge in [0.2, 0.25) is 5.91 Å². The van der Waals surface area contributed by atoms with E-state index in [9.17, 15) is 4.79 Å². The Morgan fingerprint density at radius 2 is 1.68 bits per heavy atom. The molecule has 1 rings (SSSR count). The third kappa shape index (κ3) is 6.37. The van der Waals surface area contributed by atoms with Crippen molar-refractivity contribution in [3.05, 3.63) is 30.1 Å². The average Bonchev–Trinajstić information content (AvgIpc) is 2.45. The van der Waals surface area contributed by atoms with E-state index in [4.69, 9.17) is 0 Å². The van der Waals surface area contributed by atoms with E-state index >= 15 is 0 Å². The van der Waals surface area contributed by atoms with Gasteiger partial charge in [-0.1, -0.05) is 12.8 Å². The Labute approximate surface area is 117 Å². The van der Waals surface area contributed by atoms with Gasteiger partial charge in [-0.3, -0.25) is 9.78 Å². The fraction of sp³-hybridized carbons (Fsp3) is 0.625. The van der Waals surface area contributed by atoms with Crippen molar-refractivity contribution in [2.45, 2.75) is 52.4 Å². The molecule has 106 valence electrons. The second-order valence-electron chi connectivity index (χ2n) is 4.84. The molecule has 3 nitrogen and oxygen atoms in total. The van der Waals surface area contributed by atoms with Gasteiger partial charge in [0.05, 0.1) is 0 Å². The Balaban J connectivity index is 2.04. The maximum atomic E-state index is 11.8. The van der Waals surface area contributed by atoms with E-state index in [1.807, 2.05) is 31.1 Å². The molecule has 1 heterocycles. The van der Waals surface area contributed by atoms with Crippen molar-refractivity contribution < 1.29 is 4.79 Å². The summed E-state index contributed by atoms with van der Waals surface area (Å²) >= 11 is 0. The summed E-state index contributed by atoms with van der Waals surface area (Å²) in [5.41, 5.74) is 1.36. The van der Waals surface area contributed by atoms with Crippen LogP contribution < -0.4 is 0 Å². The van der Waals surface area contributed by atoms with Crippen LogP contribution in [0, 0.1) is 0 Å². The highest BCUT2D eigenvalue weighted by Gasteiger charge is 2.08. The Hall–Kier alpha value is -1.38. The van der Waals surface area contributed by atoms with Crippen molar-refractivity contribution in [3.63, 3.8) is 0 Å². The maximum absolute atomic E-state index is 11.8. The second kappa shape index (κ2) is 9.54. The first-order valence-corrected chi connectivity index (χ1v) is 7.44. The lowest BCUT2D eigenvalue weighted by atomic mass is 10.1. The molecule has 1 aromatic rings. The van der Waals surface area contributed by atoms with Gasteiger partial charge in [0, 0.05) is 31.9 Å². The van der Waals surface area contributed by atoms with Gasteiger partial charge in [0.25, 0.3) is 0 Å². The zero-order valence-corrected chi connectivity index (χ0v) is 12.3. The molecule has 0 saturated heterocycles. The fourth-order valence-electron chi connectivity index (χ4n) is 2.24. The number of nitrogens with zero attached hydrogens (tertiary/aromatic N) is 2. The van der Waals surface area contributed by atoms with Crippen LogP contribution in [0.4, 0.5) is 0 Å². The van der Waals surface area contributed by atoms with Gasteiger partial charge in [-0.05, 0) is 50.8 Å². The molecule has 3 heteroatoms. The number of hydrogen-bond donors (Lipinski definition) is 0. The Kier molecular flexibility index (Phi) is 7.87. The van der Waals surface area contributed by atoms with E-state index in [1.165, 1.54) is 18.4 Å². The predicted octanol–water partition coefficient (Wildman–Crippen LogP) is 3.44. The quantitative estimate of drug-likeness (QED) is 0.639. The second-order valence-corrected chi connectivity index (χ2v) is 4.84. The molecule has 0 atom stereocenters. The highest BCUT2D eigenvalue weighted by Crippen LogP contribution is 2.09. The smallest absolute Gasteiger partial charge is 0.222 e. The molecule has 0 spiro atoms. The molecule has 0 aromatic carbocycles. The van der Waals surface area contributed by atoms with Crippen LogP contribution in [0.5, 0.6) is 0 Å². The number of unbranched alkanes of at least 4 members (excludes halogenated alkanes) is 3. The van der Waals surface area contributed by atoms with E-state index in [2.05, 4.69) is 17.1 Å². The molecule has 0 aliphatic rings. The number of carbonyl (C=O) groups excluding carboxylic acids is 1. The van der Waals surface area contributed by atoms with E-state index in [0.717, 1.165) is 32.4 Å². The Bertz CT molecular complexity index is 347. The average molecular weight is 262 g/mol. The molecule has 1 amide bonds. The zero-order valence-electron chi connectivity index (χ0n) is 12.3. The lowest BCUT2D eigenvalue weighted by Crippen LogP contribution is -2.30. The monoisotopic (exact) mass is 262 g/mol. The maximum Gasteiger partial charge on any atom is 0.222 e. The molecule has 0 fully saturated rings. The first kappa shape index (κ1) is 15.7. The van der Waals surface area contributed by atoms with Gasteiger partial charge >= 0.3 is 0 Å². The molecule has 0 aliphatic heterocycles. The van der Waals surface area contributed by atoms with E-state index < -0.39 is 0 Å². The molecule has 0 radical (unpaired) electrons. The van der Waals surface area contributed by atoms with Crippen molar-refractivity contribution in [2.24, 2.45) is 0 Å². The molecule has 0 saturated carbocycles. The zero-order chi connectivity index (χ0) is 13.9. The van der Waals surface area contributed by atoms with Gasteiger partial charge < -0.3 is 4.90 Å². The summed E-state index contributed by atoms with van der Waals surface area (Å²) in [5, 5.41) is 0. The molecule has 0 N–H and O–H groups in total. The summed E-state index contributed by atoms with van der Waals surface area (Å²) in [4.78, 5) is 17.7. The van der Waals surface area contributed by atoms with Crippen LogP contribution in [0.3, 0.4) is 0 Å². The van der Waals surface area contributed by atoms with Gasteiger partial charge in [0.15, 0.2) is 0 Å². The summed E-state index contributed by atoms with van der Waals surface area (Å²) in [6.07, 6.45) is 10.1. The third-order valence-corrected chi connectivity index (χ3v) is 3.47. The number of carbonyl (C=O) groups is 1. The first-order valence-electron chi connectivity index (χ1n) is 7.44. The number of hydrogen-bond acceptors (Lipinski definition) is 2. The van der Waals surface area contributed by atoms with Crippen LogP contribution in [-0.2, 0) is 11.2 Å². The van der Waals surface area contributed by atoms with Crippen LogP contribution >= 0.6 is 0 Å². The number of aromatic nitrogens is 1. The molecule has 0 bridgehead atoms. The van der Waals surface area contributed by atoms with Crippen molar-refractivity contribution in [2.75, 3.05) is 13.1 Å². The summed E-state index contributed by atoms with van der Waals surface area (Å²) in [5.74, 6) is 0.305. The SMILES string of the molecule is CCN(CC)C(=O)CCCCCCc1ccncc1. The Morgan fingerprint density at radius 1 is 1.05 bits per heavy atom. The molecular formula is C16H26N2O. The number of amides is 1. The lowest BCUT2D eigenvalue weighted by Gasteiger charge is -2.18. The summed E-state index contributed by atoms with van der Waals surface area (Å²) in [7, 11) is 0. The van der Waals surface area contributed by atoms with Crippen LogP contribution in [0.1, 0.15) is 51.5 Å². The summed E-state index contributed by atoms with van der Waals surface area (Å²) < 4.78 is 0. The lowest BCUT2D eigenvalue weighted by molar-refractivity contribution is -0.130. The van der Waals surface area contributed by atoms with Crippen molar-refractivity contribution in [1.82, 2.24) is 9.88 Å². The van der Waals surface area contributed by atoms with Gasteiger partial charge in [-0.25, -0.2) is 0 Å². The number of aryl methyl sites for hydroxylation is 1. The predicted molar refractivity (Wildman–Crippen MR) is 79.0 cm³/mol. The Morgan fingerprint density at radius 3 is 2.32 bits per heavy atom. The van der Waals surface area contributed by atoms with E-state index in [-0.39, 0.29) is 0 Å².